The van der Waals surface area contributed by atoms with E-state index in [1.165, 1.54) is 12.1 Å². The number of nitrogens with zero attached hydrogens (tertiary/aromatic N) is 4. The maximum absolute atomic E-state index is 13.9. The van der Waals surface area contributed by atoms with Gasteiger partial charge in [-0.2, -0.15) is 0 Å². The molecule has 1 aromatic carbocycles. The number of aromatic nitrogens is 3. The van der Waals surface area contributed by atoms with Crippen molar-refractivity contribution in [2.45, 2.75) is 52.1 Å². The number of likely N-dealkylation sites (N-methyl/N-ethyl adjacent to an activating group) is 1. The van der Waals surface area contributed by atoms with Gasteiger partial charge in [0.25, 0.3) is 0 Å². The minimum absolute atomic E-state index is 0.108. The standard InChI is InChI=1S/C26H33FN6O2/c1-15(2)23(26(4,29-5)25(28)35)24(34)33-11-6-7-21(33)19-14-22(31-16(3)30-19)32-12-10-17-13-18(27)8-9-20(17)32/h8-10,12-15,21,23,29H,6-7,11H2,1-5H3,(H2,28,35)/t21-,23+,26?/m0/s1. The Balaban J connectivity index is 1.72. The maximum atomic E-state index is 13.9. The Kier molecular flexibility index (Phi) is 6.64. The molecule has 3 aromatic rings. The lowest BCUT2D eigenvalue weighted by Gasteiger charge is -2.39. The van der Waals surface area contributed by atoms with Gasteiger partial charge in [-0.1, -0.05) is 13.8 Å². The van der Waals surface area contributed by atoms with Gasteiger partial charge < -0.3 is 20.5 Å². The summed E-state index contributed by atoms with van der Waals surface area (Å²) in [4.78, 5) is 37.4. The van der Waals surface area contributed by atoms with Gasteiger partial charge in [-0.3, -0.25) is 9.59 Å². The third kappa shape index (κ3) is 4.40. The van der Waals surface area contributed by atoms with Crippen molar-refractivity contribution >= 4 is 22.7 Å². The van der Waals surface area contributed by atoms with Gasteiger partial charge in [0, 0.05) is 24.2 Å². The van der Waals surface area contributed by atoms with Crippen LogP contribution in [0.15, 0.2) is 36.5 Å². The minimum Gasteiger partial charge on any atom is -0.368 e. The molecular weight excluding hydrogens is 447 g/mol. The highest BCUT2D eigenvalue weighted by Crippen LogP contribution is 2.37. The average molecular weight is 481 g/mol. The number of primary amides is 1. The topological polar surface area (TPSA) is 106 Å². The number of fused-ring (bicyclic) bond motifs is 1. The molecule has 2 aromatic heterocycles. The molecular formula is C26H33FN6O2. The highest BCUT2D eigenvalue weighted by Gasteiger charge is 2.48. The minimum atomic E-state index is -1.18. The number of rotatable bonds is 7. The largest absolute Gasteiger partial charge is 0.368 e. The van der Waals surface area contributed by atoms with Gasteiger partial charge in [-0.15, -0.1) is 0 Å². The van der Waals surface area contributed by atoms with E-state index in [4.69, 9.17) is 5.73 Å². The van der Waals surface area contributed by atoms with E-state index in [2.05, 4.69) is 15.3 Å². The van der Waals surface area contributed by atoms with Crippen LogP contribution in [0.4, 0.5) is 4.39 Å². The fourth-order valence-electron chi connectivity index (χ4n) is 5.33. The Bertz CT molecular complexity index is 1270. The van der Waals surface area contributed by atoms with Crippen molar-refractivity contribution in [3.05, 3.63) is 53.9 Å². The summed E-state index contributed by atoms with van der Waals surface area (Å²) >= 11 is 0. The fourth-order valence-corrected chi connectivity index (χ4v) is 5.33. The third-order valence-electron chi connectivity index (χ3n) is 7.21. The molecule has 1 saturated heterocycles. The van der Waals surface area contributed by atoms with Gasteiger partial charge >= 0.3 is 0 Å². The molecule has 8 nitrogen and oxygen atoms in total. The second kappa shape index (κ2) is 9.37. The normalized spacial score (nSPS) is 18.7. The fraction of sp³-hybridized carbons (Fsp3) is 0.462. The zero-order valence-electron chi connectivity index (χ0n) is 20.9. The van der Waals surface area contributed by atoms with Crippen LogP contribution in [0.1, 0.15) is 51.2 Å². The lowest BCUT2D eigenvalue weighted by atomic mass is 9.76. The smallest absolute Gasteiger partial charge is 0.238 e. The first-order valence-electron chi connectivity index (χ1n) is 12.0. The van der Waals surface area contributed by atoms with Crippen LogP contribution < -0.4 is 11.1 Å². The monoisotopic (exact) mass is 480 g/mol. The molecule has 9 heteroatoms. The number of amides is 2. The SMILES string of the molecule is CNC(C)(C(N)=O)[C@@H](C(=O)N1CCC[C@H]1c1cc(-n2ccc3cc(F)ccc32)nc(C)n1)C(C)C. The Labute approximate surface area is 204 Å². The van der Waals surface area contributed by atoms with Gasteiger partial charge in [0.1, 0.15) is 23.0 Å². The molecule has 0 saturated carbocycles. The summed E-state index contributed by atoms with van der Waals surface area (Å²) in [6.07, 6.45) is 3.45. The van der Waals surface area contributed by atoms with Crippen molar-refractivity contribution in [2.24, 2.45) is 17.6 Å². The molecule has 3 atom stereocenters. The number of likely N-dealkylation sites (tertiary alicyclic amines) is 1. The number of hydrogen-bond donors (Lipinski definition) is 2. The van der Waals surface area contributed by atoms with E-state index in [1.807, 2.05) is 48.6 Å². The van der Waals surface area contributed by atoms with Crippen molar-refractivity contribution < 1.29 is 14.0 Å². The predicted octanol–water partition coefficient (Wildman–Crippen LogP) is 3.27. The Hall–Kier alpha value is -3.33. The van der Waals surface area contributed by atoms with Crippen LogP contribution in [0.25, 0.3) is 16.7 Å². The van der Waals surface area contributed by atoms with E-state index < -0.39 is 17.4 Å². The number of benzene rings is 1. The number of aryl methyl sites for hydroxylation is 1. The number of halogens is 1. The number of nitrogens with one attached hydrogen (secondary N) is 1. The van der Waals surface area contributed by atoms with Crippen LogP contribution in [-0.4, -0.2) is 50.4 Å². The van der Waals surface area contributed by atoms with Gasteiger partial charge in [-0.05, 0) is 63.9 Å². The summed E-state index contributed by atoms with van der Waals surface area (Å²) in [5.41, 5.74) is 6.14. The highest BCUT2D eigenvalue weighted by atomic mass is 19.1. The molecule has 186 valence electrons. The van der Waals surface area contributed by atoms with Crippen molar-refractivity contribution in [3.63, 3.8) is 0 Å². The summed E-state index contributed by atoms with van der Waals surface area (Å²) in [6, 6.07) is 8.13. The van der Waals surface area contributed by atoms with Gasteiger partial charge in [0.2, 0.25) is 11.8 Å². The molecule has 0 aliphatic carbocycles. The van der Waals surface area contributed by atoms with Gasteiger partial charge in [-0.25, -0.2) is 14.4 Å². The van der Waals surface area contributed by atoms with E-state index in [9.17, 15) is 14.0 Å². The lowest BCUT2D eigenvalue weighted by molar-refractivity contribution is -0.145. The summed E-state index contributed by atoms with van der Waals surface area (Å²) < 4.78 is 15.6. The Morgan fingerprint density at radius 1 is 1.23 bits per heavy atom. The number of carbonyl (C=O) groups excluding carboxylic acids is 2. The average Bonchev–Trinajstić information content (AvgIpc) is 3.45. The molecule has 2 amide bonds. The van der Waals surface area contributed by atoms with E-state index >= 15 is 0 Å². The molecule has 3 heterocycles. The second-order valence-electron chi connectivity index (χ2n) is 9.82. The van der Waals surface area contributed by atoms with Crippen LogP contribution in [0.5, 0.6) is 0 Å². The number of hydrogen-bond acceptors (Lipinski definition) is 5. The van der Waals surface area contributed by atoms with Gasteiger partial charge in [0.15, 0.2) is 0 Å². The van der Waals surface area contributed by atoms with Crippen LogP contribution in [0, 0.1) is 24.6 Å². The van der Waals surface area contributed by atoms with Crippen LogP contribution in [-0.2, 0) is 9.59 Å². The molecule has 1 unspecified atom stereocenters. The predicted molar refractivity (Wildman–Crippen MR) is 132 cm³/mol. The first-order valence-corrected chi connectivity index (χ1v) is 12.0. The molecule has 0 spiro atoms. The Morgan fingerprint density at radius 3 is 2.63 bits per heavy atom. The summed E-state index contributed by atoms with van der Waals surface area (Å²) in [7, 11) is 1.65. The quantitative estimate of drug-likeness (QED) is 0.540. The molecule has 1 aliphatic rings. The zero-order chi connectivity index (χ0) is 25.5. The van der Waals surface area contributed by atoms with E-state index in [0.29, 0.717) is 18.2 Å². The van der Waals surface area contributed by atoms with Crippen LogP contribution in [0.3, 0.4) is 0 Å². The summed E-state index contributed by atoms with van der Waals surface area (Å²) in [5, 5.41) is 3.77. The van der Waals surface area contributed by atoms with E-state index in [-0.39, 0.29) is 23.7 Å². The molecule has 35 heavy (non-hydrogen) atoms. The first kappa shape index (κ1) is 24.8. The van der Waals surface area contributed by atoms with Crippen molar-refractivity contribution in [1.29, 1.82) is 0 Å². The molecule has 1 fully saturated rings. The summed E-state index contributed by atoms with van der Waals surface area (Å²) in [5.74, 6) is -0.459. The van der Waals surface area contributed by atoms with Crippen molar-refractivity contribution in [3.8, 4) is 5.82 Å². The van der Waals surface area contributed by atoms with E-state index in [1.54, 1.807) is 20.0 Å². The lowest BCUT2D eigenvalue weighted by Crippen LogP contribution is -2.62. The number of nitrogens with two attached hydrogens (primary N) is 1. The third-order valence-corrected chi connectivity index (χ3v) is 7.21. The zero-order valence-corrected chi connectivity index (χ0v) is 20.9. The van der Waals surface area contributed by atoms with Crippen molar-refractivity contribution in [1.82, 2.24) is 24.8 Å². The van der Waals surface area contributed by atoms with Crippen LogP contribution in [0.2, 0.25) is 0 Å². The molecule has 4 rings (SSSR count). The first-order chi connectivity index (χ1) is 16.6. The number of carbonyl (C=O) groups is 2. The van der Waals surface area contributed by atoms with Crippen LogP contribution >= 0.6 is 0 Å². The highest BCUT2D eigenvalue weighted by molar-refractivity contribution is 5.93. The molecule has 3 N–H and O–H groups in total. The Morgan fingerprint density at radius 2 is 1.97 bits per heavy atom. The molecule has 1 aliphatic heterocycles. The summed E-state index contributed by atoms with van der Waals surface area (Å²) in [6.45, 7) is 7.95. The second-order valence-corrected chi connectivity index (χ2v) is 9.82. The van der Waals surface area contributed by atoms with Gasteiger partial charge in [0.05, 0.1) is 23.2 Å². The molecule has 0 bridgehead atoms. The molecule has 0 radical (unpaired) electrons. The maximum Gasteiger partial charge on any atom is 0.238 e. The van der Waals surface area contributed by atoms with Crippen molar-refractivity contribution in [2.75, 3.05) is 13.6 Å². The van der Waals surface area contributed by atoms with E-state index in [0.717, 1.165) is 29.4 Å².